The molecule has 4 rings (SSSR count). The fraction of sp³-hybridized carbons (Fsp3) is 0.429. The molecule has 7 nitrogen and oxygen atoms in total. The van der Waals surface area contributed by atoms with E-state index < -0.39 is 0 Å². The van der Waals surface area contributed by atoms with Crippen LogP contribution >= 0.6 is 34.5 Å². The van der Waals surface area contributed by atoms with Crippen molar-refractivity contribution < 1.29 is 9.59 Å². The highest BCUT2D eigenvalue weighted by Crippen LogP contribution is 2.24. The highest BCUT2D eigenvalue weighted by atomic mass is 35.5. The van der Waals surface area contributed by atoms with Gasteiger partial charge in [0.25, 0.3) is 5.91 Å². The molecule has 0 aliphatic carbocycles. The summed E-state index contributed by atoms with van der Waals surface area (Å²) in [5.41, 5.74) is 3.23. The molecule has 0 bridgehead atoms. The summed E-state index contributed by atoms with van der Waals surface area (Å²) < 4.78 is 0. The van der Waals surface area contributed by atoms with Gasteiger partial charge in [-0.3, -0.25) is 14.6 Å². The molecule has 0 radical (unpaired) electrons. The second-order valence-electron chi connectivity index (χ2n) is 9.77. The van der Waals surface area contributed by atoms with Crippen molar-refractivity contribution in [3.05, 3.63) is 80.0 Å². The lowest BCUT2D eigenvalue weighted by atomic mass is 9.99. The van der Waals surface area contributed by atoms with Crippen LogP contribution in [0.4, 0.5) is 0 Å². The average molecular weight is 575 g/mol. The Hall–Kier alpha value is -2.52. The SMILES string of the molecule is Cc1cc(Cl)nc(Cl)c1C(=O)NCCC(C)N1CCC(N(Cc2ccsc2)C(=O)Cc2ccncc2)CC1. The number of halogens is 2. The van der Waals surface area contributed by atoms with Crippen LogP contribution in [0.5, 0.6) is 0 Å². The first-order valence-electron chi connectivity index (χ1n) is 12.9. The van der Waals surface area contributed by atoms with Gasteiger partial charge in [0.15, 0.2) is 0 Å². The van der Waals surface area contributed by atoms with Crippen molar-refractivity contribution >= 4 is 46.4 Å². The lowest BCUT2D eigenvalue weighted by Crippen LogP contribution is -2.49. The Labute approximate surface area is 238 Å². The van der Waals surface area contributed by atoms with Crippen LogP contribution in [0, 0.1) is 6.92 Å². The first kappa shape index (κ1) is 28.5. The second-order valence-corrected chi connectivity index (χ2v) is 11.3. The molecule has 1 aliphatic heterocycles. The maximum Gasteiger partial charge on any atom is 0.254 e. The fourth-order valence-corrected chi connectivity index (χ4v) is 6.23. The number of carbonyl (C=O) groups is 2. The molecule has 10 heteroatoms. The quantitative estimate of drug-likeness (QED) is 0.328. The Morgan fingerprint density at radius 3 is 2.58 bits per heavy atom. The molecule has 1 unspecified atom stereocenters. The van der Waals surface area contributed by atoms with Crippen molar-refractivity contribution in [3.8, 4) is 0 Å². The number of hydrogen-bond acceptors (Lipinski definition) is 6. The summed E-state index contributed by atoms with van der Waals surface area (Å²) >= 11 is 13.7. The standard InChI is InChI=1S/C28H33Cl2N5O2S/c1-19-15-24(29)33-27(30)26(19)28(37)32-11-3-20(2)34-12-6-23(7-13-34)35(17-22-8-14-38-18-22)25(36)16-21-4-9-31-10-5-21/h4-5,8-10,14-15,18,20,23H,3,6-7,11-13,16-17H2,1-2H3,(H,32,37). The zero-order chi connectivity index (χ0) is 27.1. The predicted octanol–water partition coefficient (Wildman–Crippen LogP) is 5.40. The van der Waals surface area contributed by atoms with Crippen molar-refractivity contribution in [3.63, 3.8) is 0 Å². The molecule has 4 heterocycles. The second kappa shape index (κ2) is 13.5. The Bertz CT molecular complexity index is 1190. The van der Waals surface area contributed by atoms with E-state index in [1.54, 1.807) is 36.7 Å². The lowest BCUT2D eigenvalue weighted by Gasteiger charge is -2.41. The zero-order valence-corrected chi connectivity index (χ0v) is 24.0. The van der Waals surface area contributed by atoms with Crippen LogP contribution < -0.4 is 5.32 Å². The van der Waals surface area contributed by atoms with Crippen molar-refractivity contribution in [1.82, 2.24) is 25.1 Å². The van der Waals surface area contributed by atoms with Gasteiger partial charge in [-0.15, -0.1) is 0 Å². The summed E-state index contributed by atoms with van der Waals surface area (Å²) in [4.78, 5) is 38.6. The van der Waals surface area contributed by atoms with E-state index in [-0.39, 0.29) is 28.2 Å². The number of aromatic nitrogens is 2. The van der Waals surface area contributed by atoms with Crippen molar-refractivity contribution in [2.75, 3.05) is 19.6 Å². The number of hydrogen-bond donors (Lipinski definition) is 1. The van der Waals surface area contributed by atoms with Gasteiger partial charge >= 0.3 is 0 Å². The van der Waals surface area contributed by atoms with E-state index in [0.29, 0.717) is 36.7 Å². The molecular weight excluding hydrogens is 541 g/mol. The first-order valence-corrected chi connectivity index (χ1v) is 14.6. The number of nitrogens with one attached hydrogen (secondary N) is 1. The molecule has 1 aliphatic rings. The van der Waals surface area contributed by atoms with Crippen LogP contribution in [0.15, 0.2) is 47.4 Å². The summed E-state index contributed by atoms with van der Waals surface area (Å²) in [5.74, 6) is -0.0818. The first-order chi connectivity index (χ1) is 18.3. The number of nitrogens with zero attached hydrogens (tertiary/aromatic N) is 4. The molecule has 3 aromatic rings. The molecule has 1 fully saturated rings. The third kappa shape index (κ3) is 7.53. The van der Waals surface area contributed by atoms with Crippen LogP contribution in [-0.4, -0.2) is 63.3 Å². The van der Waals surface area contributed by atoms with Gasteiger partial charge in [0, 0.05) is 50.7 Å². The maximum atomic E-state index is 13.4. The molecule has 3 aromatic heterocycles. The van der Waals surface area contributed by atoms with E-state index in [0.717, 1.165) is 37.9 Å². The van der Waals surface area contributed by atoms with Gasteiger partial charge in [-0.25, -0.2) is 4.98 Å². The molecule has 0 aromatic carbocycles. The minimum atomic E-state index is -0.237. The molecule has 202 valence electrons. The highest BCUT2D eigenvalue weighted by Gasteiger charge is 2.30. The zero-order valence-electron chi connectivity index (χ0n) is 21.7. The minimum Gasteiger partial charge on any atom is -0.352 e. The lowest BCUT2D eigenvalue weighted by molar-refractivity contribution is -0.134. The van der Waals surface area contributed by atoms with Crippen molar-refractivity contribution in [2.24, 2.45) is 0 Å². The molecule has 0 saturated carbocycles. The summed E-state index contributed by atoms with van der Waals surface area (Å²) in [6.45, 7) is 6.98. The van der Waals surface area contributed by atoms with Crippen LogP contribution in [-0.2, 0) is 17.8 Å². The molecule has 1 atom stereocenters. The molecule has 0 spiro atoms. The number of rotatable bonds is 10. The largest absolute Gasteiger partial charge is 0.352 e. The van der Waals surface area contributed by atoms with E-state index in [1.165, 1.54) is 5.56 Å². The molecule has 38 heavy (non-hydrogen) atoms. The summed E-state index contributed by atoms with van der Waals surface area (Å²) in [6.07, 6.45) is 6.51. The predicted molar refractivity (Wildman–Crippen MR) is 153 cm³/mol. The Balaban J connectivity index is 1.29. The number of thiophene rings is 1. The maximum absolute atomic E-state index is 13.4. The number of piperidine rings is 1. The topological polar surface area (TPSA) is 78.4 Å². The summed E-state index contributed by atoms with van der Waals surface area (Å²) in [6, 6.07) is 8.05. The number of likely N-dealkylation sites (tertiary alicyclic amines) is 1. The molecule has 1 N–H and O–H groups in total. The number of carbonyl (C=O) groups excluding carboxylic acids is 2. The average Bonchev–Trinajstić information content (AvgIpc) is 3.41. The monoisotopic (exact) mass is 573 g/mol. The van der Waals surface area contributed by atoms with E-state index >= 15 is 0 Å². The highest BCUT2D eigenvalue weighted by molar-refractivity contribution is 7.07. The fourth-order valence-electron chi connectivity index (χ4n) is 4.95. The molecule has 1 saturated heterocycles. The van der Waals surface area contributed by atoms with Gasteiger partial charge in [0.1, 0.15) is 10.3 Å². The normalized spacial score (nSPS) is 15.3. The van der Waals surface area contributed by atoms with Gasteiger partial charge in [-0.2, -0.15) is 11.3 Å². The van der Waals surface area contributed by atoms with Crippen LogP contribution in [0.1, 0.15) is 53.2 Å². The van der Waals surface area contributed by atoms with Crippen molar-refractivity contribution in [1.29, 1.82) is 0 Å². The number of amides is 2. The summed E-state index contributed by atoms with van der Waals surface area (Å²) in [7, 11) is 0. The van der Waals surface area contributed by atoms with Gasteiger partial charge in [-0.05, 0) is 84.8 Å². The van der Waals surface area contributed by atoms with E-state index in [4.69, 9.17) is 23.2 Å². The Morgan fingerprint density at radius 2 is 1.92 bits per heavy atom. The summed E-state index contributed by atoms with van der Waals surface area (Å²) in [5, 5.41) is 7.54. The van der Waals surface area contributed by atoms with E-state index in [2.05, 4.69) is 48.8 Å². The van der Waals surface area contributed by atoms with Crippen molar-refractivity contribution in [2.45, 2.75) is 58.2 Å². The van der Waals surface area contributed by atoms with E-state index in [9.17, 15) is 9.59 Å². The number of aryl methyl sites for hydroxylation is 1. The third-order valence-electron chi connectivity index (χ3n) is 7.14. The van der Waals surface area contributed by atoms with Gasteiger partial charge in [0.05, 0.1) is 12.0 Å². The van der Waals surface area contributed by atoms with Crippen LogP contribution in [0.25, 0.3) is 0 Å². The van der Waals surface area contributed by atoms with Gasteiger partial charge in [-0.1, -0.05) is 23.2 Å². The Morgan fingerprint density at radius 1 is 1.18 bits per heavy atom. The van der Waals surface area contributed by atoms with Crippen LogP contribution in [0.2, 0.25) is 10.3 Å². The number of pyridine rings is 2. The third-order valence-corrected chi connectivity index (χ3v) is 8.34. The smallest absolute Gasteiger partial charge is 0.254 e. The molecular formula is C28H33Cl2N5O2S. The molecule has 2 amide bonds. The van der Waals surface area contributed by atoms with Gasteiger partial charge < -0.3 is 15.1 Å². The van der Waals surface area contributed by atoms with Gasteiger partial charge in [0.2, 0.25) is 5.91 Å². The van der Waals surface area contributed by atoms with E-state index in [1.807, 2.05) is 12.1 Å². The van der Waals surface area contributed by atoms with Crippen LogP contribution in [0.3, 0.4) is 0 Å². The minimum absolute atomic E-state index is 0.119. The Kier molecular flexibility index (Phi) is 10.1.